The van der Waals surface area contributed by atoms with Crippen molar-refractivity contribution in [2.24, 2.45) is 5.92 Å². The molecule has 0 aromatic heterocycles. The van der Waals surface area contributed by atoms with Crippen molar-refractivity contribution in [3.05, 3.63) is 0 Å². The molecule has 0 saturated heterocycles. The van der Waals surface area contributed by atoms with Crippen LogP contribution >= 0.6 is 0 Å². The first-order valence-electron chi connectivity index (χ1n) is 6.80. The van der Waals surface area contributed by atoms with E-state index in [1.54, 1.807) is 4.90 Å². The van der Waals surface area contributed by atoms with Gasteiger partial charge in [0.2, 0.25) is 0 Å². The fourth-order valence-corrected chi connectivity index (χ4v) is 2.05. The molecule has 0 unspecified atom stereocenters. The van der Waals surface area contributed by atoms with Crippen LogP contribution in [0.3, 0.4) is 0 Å². The number of nitrogens with one attached hydrogen (secondary N) is 1. The van der Waals surface area contributed by atoms with Crippen LogP contribution in [0.15, 0.2) is 0 Å². The number of carboxylic acid groups (broad SMARTS) is 1. The maximum atomic E-state index is 11.7. The number of carbonyl (C=O) groups is 2. The molecule has 0 bridgehead atoms. The first-order valence-corrected chi connectivity index (χ1v) is 6.80. The van der Waals surface area contributed by atoms with Crippen molar-refractivity contribution >= 4 is 12.0 Å². The van der Waals surface area contributed by atoms with Crippen LogP contribution in [0.25, 0.3) is 0 Å². The first kappa shape index (κ1) is 14.8. The summed E-state index contributed by atoms with van der Waals surface area (Å²) in [7, 11) is 1.83. The Morgan fingerprint density at radius 1 is 1.28 bits per heavy atom. The van der Waals surface area contributed by atoms with Crippen molar-refractivity contribution in [3.8, 4) is 0 Å². The molecule has 0 spiro atoms. The van der Waals surface area contributed by atoms with Gasteiger partial charge >= 0.3 is 12.0 Å². The van der Waals surface area contributed by atoms with E-state index < -0.39 is 5.97 Å². The molecular formula is C13H24N2O3. The second-order valence-electron chi connectivity index (χ2n) is 5.11. The summed E-state index contributed by atoms with van der Waals surface area (Å²) in [5.41, 5.74) is 0. The quantitative estimate of drug-likeness (QED) is 0.653. The van der Waals surface area contributed by atoms with Gasteiger partial charge in [-0.25, -0.2) is 4.79 Å². The van der Waals surface area contributed by atoms with Crippen LogP contribution in [-0.4, -0.2) is 42.1 Å². The highest BCUT2D eigenvalue weighted by Crippen LogP contribution is 2.26. The van der Waals surface area contributed by atoms with E-state index in [4.69, 9.17) is 5.11 Å². The summed E-state index contributed by atoms with van der Waals surface area (Å²) in [6.45, 7) is 1.48. The molecule has 1 saturated carbocycles. The monoisotopic (exact) mass is 256 g/mol. The lowest BCUT2D eigenvalue weighted by Gasteiger charge is -2.30. The molecule has 18 heavy (non-hydrogen) atoms. The van der Waals surface area contributed by atoms with Crippen LogP contribution in [0.1, 0.15) is 44.9 Å². The third kappa shape index (κ3) is 5.89. The largest absolute Gasteiger partial charge is 0.481 e. The number of carbonyl (C=O) groups excluding carboxylic acids is 1. The zero-order valence-electron chi connectivity index (χ0n) is 11.2. The lowest BCUT2D eigenvalue weighted by molar-refractivity contribution is -0.137. The fourth-order valence-electron chi connectivity index (χ4n) is 2.05. The predicted molar refractivity (Wildman–Crippen MR) is 69.5 cm³/mol. The van der Waals surface area contributed by atoms with Crippen LogP contribution < -0.4 is 5.32 Å². The van der Waals surface area contributed by atoms with Crippen LogP contribution in [0, 0.1) is 5.92 Å². The lowest BCUT2D eigenvalue weighted by Crippen LogP contribution is -2.41. The number of hydrogen-bond donors (Lipinski definition) is 2. The number of amides is 2. The van der Waals surface area contributed by atoms with Gasteiger partial charge in [-0.1, -0.05) is 12.8 Å². The molecule has 5 nitrogen and oxygen atoms in total. The third-order valence-corrected chi connectivity index (χ3v) is 3.45. The minimum absolute atomic E-state index is 0.0138. The maximum Gasteiger partial charge on any atom is 0.317 e. The van der Waals surface area contributed by atoms with Gasteiger partial charge in [0.25, 0.3) is 0 Å². The molecule has 0 aromatic rings. The third-order valence-electron chi connectivity index (χ3n) is 3.45. The molecule has 0 heterocycles. The summed E-state index contributed by atoms with van der Waals surface area (Å²) in [4.78, 5) is 23.7. The smallest absolute Gasteiger partial charge is 0.317 e. The van der Waals surface area contributed by atoms with E-state index in [1.807, 2.05) is 7.05 Å². The van der Waals surface area contributed by atoms with E-state index in [-0.39, 0.29) is 12.5 Å². The number of urea groups is 1. The molecule has 1 rings (SSSR count). The zero-order chi connectivity index (χ0) is 13.4. The number of hydrogen-bond acceptors (Lipinski definition) is 2. The van der Waals surface area contributed by atoms with Gasteiger partial charge in [0.15, 0.2) is 0 Å². The van der Waals surface area contributed by atoms with Gasteiger partial charge in [0, 0.05) is 26.6 Å². The highest BCUT2D eigenvalue weighted by Gasteiger charge is 2.20. The zero-order valence-corrected chi connectivity index (χ0v) is 11.2. The standard InChI is InChI=1S/C13H24N2O3/c1-15(10-11-6-5-7-11)13(18)14-9-4-2-3-8-12(16)17/h11H,2-10H2,1H3,(H,14,18)(H,16,17). The number of rotatable bonds is 8. The van der Waals surface area contributed by atoms with E-state index in [1.165, 1.54) is 19.3 Å². The topological polar surface area (TPSA) is 69.6 Å². The van der Waals surface area contributed by atoms with Crippen LogP contribution in [0.2, 0.25) is 0 Å². The van der Waals surface area contributed by atoms with Gasteiger partial charge in [-0.05, 0) is 31.6 Å². The van der Waals surface area contributed by atoms with Crippen molar-refractivity contribution in [2.75, 3.05) is 20.1 Å². The second kappa shape index (κ2) is 7.95. The molecule has 0 aliphatic heterocycles. The highest BCUT2D eigenvalue weighted by molar-refractivity contribution is 5.73. The molecule has 0 atom stereocenters. The van der Waals surface area contributed by atoms with E-state index in [0.717, 1.165) is 19.4 Å². The van der Waals surface area contributed by atoms with E-state index in [2.05, 4.69) is 5.32 Å². The fraction of sp³-hybridized carbons (Fsp3) is 0.846. The SMILES string of the molecule is CN(CC1CCC1)C(=O)NCCCCCC(=O)O. The average Bonchev–Trinajstić information content (AvgIpc) is 2.27. The Morgan fingerprint density at radius 3 is 2.56 bits per heavy atom. The molecule has 0 radical (unpaired) electrons. The summed E-state index contributed by atoms with van der Waals surface area (Å²) in [6, 6.07) is -0.0138. The Kier molecular flexibility index (Phi) is 6.54. The minimum Gasteiger partial charge on any atom is -0.481 e. The average molecular weight is 256 g/mol. The number of unbranched alkanes of at least 4 members (excludes halogenated alkanes) is 2. The van der Waals surface area contributed by atoms with Gasteiger partial charge < -0.3 is 15.3 Å². The van der Waals surface area contributed by atoms with Crippen molar-refractivity contribution < 1.29 is 14.7 Å². The van der Waals surface area contributed by atoms with Gasteiger partial charge in [-0.15, -0.1) is 0 Å². The lowest BCUT2D eigenvalue weighted by atomic mass is 9.85. The number of carboxylic acids is 1. The Morgan fingerprint density at radius 2 is 2.00 bits per heavy atom. The molecular weight excluding hydrogens is 232 g/mol. The van der Waals surface area contributed by atoms with Crippen molar-refractivity contribution in [3.63, 3.8) is 0 Å². The van der Waals surface area contributed by atoms with Crippen LogP contribution in [0.5, 0.6) is 0 Å². The van der Waals surface area contributed by atoms with E-state index in [0.29, 0.717) is 18.9 Å². The van der Waals surface area contributed by atoms with Crippen LogP contribution in [0.4, 0.5) is 4.79 Å². The molecule has 2 amide bonds. The summed E-state index contributed by atoms with van der Waals surface area (Å²) in [5, 5.41) is 11.3. The summed E-state index contributed by atoms with van der Waals surface area (Å²) < 4.78 is 0. The molecule has 1 fully saturated rings. The number of nitrogens with zero attached hydrogens (tertiary/aromatic N) is 1. The van der Waals surface area contributed by atoms with Gasteiger partial charge in [0.1, 0.15) is 0 Å². The van der Waals surface area contributed by atoms with Gasteiger partial charge in [-0.3, -0.25) is 4.79 Å². The highest BCUT2D eigenvalue weighted by atomic mass is 16.4. The molecule has 104 valence electrons. The molecule has 1 aliphatic carbocycles. The van der Waals surface area contributed by atoms with E-state index >= 15 is 0 Å². The maximum absolute atomic E-state index is 11.7. The first-order chi connectivity index (χ1) is 8.59. The van der Waals surface area contributed by atoms with Crippen molar-refractivity contribution in [1.82, 2.24) is 10.2 Å². The molecule has 1 aliphatic rings. The van der Waals surface area contributed by atoms with Crippen molar-refractivity contribution in [1.29, 1.82) is 0 Å². The molecule has 2 N–H and O–H groups in total. The van der Waals surface area contributed by atoms with Crippen LogP contribution in [-0.2, 0) is 4.79 Å². The summed E-state index contributed by atoms with van der Waals surface area (Å²) >= 11 is 0. The Balaban J connectivity index is 1.96. The van der Waals surface area contributed by atoms with Crippen molar-refractivity contribution in [2.45, 2.75) is 44.9 Å². The summed E-state index contributed by atoms with van der Waals surface area (Å²) in [5.74, 6) is -0.0596. The van der Waals surface area contributed by atoms with E-state index in [9.17, 15) is 9.59 Å². The Hall–Kier alpha value is -1.26. The normalized spacial score (nSPS) is 14.9. The van der Waals surface area contributed by atoms with Gasteiger partial charge in [0.05, 0.1) is 0 Å². The molecule has 5 heteroatoms. The Labute approximate surface area is 109 Å². The second-order valence-corrected chi connectivity index (χ2v) is 5.11. The predicted octanol–water partition coefficient (Wildman–Crippen LogP) is 2.07. The summed E-state index contributed by atoms with van der Waals surface area (Å²) in [6.07, 6.45) is 6.37. The Bertz CT molecular complexity index is 277. The molecule has 0 aromatic carbocycles. The number of aliphatic carboxylic acids is 1. The minimum atomic E-state index is -0.751. The van der Waals surface area contributed by atoms with Gasteiger partial charge in [-0.2, -0.15) is 0 Å².